The molecule has 1 aromatic heterocycles. The largest absolute Gasteiger partial charge is 0.316 e. The minimum absolute atomic E-state index is 0.0302. The predicted molar refractivity (Wildman–Crippen MR) is 79.3 cm³/mol. The molecule has 112 valence electrons. The Labute approximate surface area is 123 Å². The monoisotopic (exact) mass is 307 g/mol. The lowest BCUT2D eigenvalue weighted by Crippen LogP contribution is -2.19. The molecule has 0 aliphatic rings. The van der Waals surface area contributed by atoms with Crippen molar-refractivity contribution in [3.63, 3.8) is 0 Å². The molecule has 1 heterocycles. The molecule has 0 saturated carbocycles. The second kappa shape index (κ2) is 6.15. The fraction of sp³-hybridized carbons (Fsp3) is 0.308. The van der Waals surface area contributed by atoms with E-state index in [2.05, 4.69) is 25.2 Å². The highest BCUT2D eigenvalue weighted by atomic mass is 32.2. The molecule has 0 aliphatic carbocycles. The van der Waals surface area contributed by atoms with Gasteiger partial charge in [0, 0.05) is 6.54 Å². The number of nitrogens with zero attached hydrogens (tertiary/aromatic N) is 3. The summed E-state index contributed by atoms with van der Waals surface area (Å²) in [6, 6.07) is 6.76. The van der Waals surface area contributed by atoms with Crippen LogP contribution in [-0.2, 0) is 16.6 Å². The van der Waals surface area contributed by atoms with Crippen molar-refractivity contribution in [1.29, 1.82) is 0 Å². The van der Waals surface area contributed by atoms with Gasteiger partial charge in [0.15, 0.2) is 0 Å². The van der Waals surface area contributed by atoms with E-state index in [0.29, 0.717) is 23.5 Å². The molecular formula is C13H17N5O2S. The molecule has 0 spiro atoms. The summed E-state index contributed by atoms with van der Waals surface area (Å²) in [5.74, 6) is -0.0302. The summed E-state index contributed by atoms with van der Waals surface area (Å²) in [4.78, 5) is 4.28. The van der Waals surface area contributed by atoms with E-state index in [1.54, 1.807) is 45.2 Å². The van der Waals surface area contributed by atoms with Crippen molar-refractivity contribution in [1.82, 2.24) is 20.5 Å². The van der Waals surface area contributed by atoms with E-state index in [-0.39, 0.29) is 10.8 Å². The highest BCUT2D eigenvalue weighted by molar-refractivity contribution is 7.92. The molecule has 0 atom stereocenters. The van der Waals surface area contributed by atoms with Crippen LogP contribution in [0.1, 0.15) is 17.0 Å². The number of aryl methyl sites for hydroxylation is 2. The Morgan fingerprint density at radius 1 is 1.10 bits per heavy atom. The zero-order valence-electron chi connectivity index (χ0n) is 12.1. The normalized spacial score (nSPS) is 11.4. The van der Waals surface area contributed by atoms with E-state index in [0.717, 1.165) is 0 Å². The van der Waals surface area contributed by atoms with Crippen LogP contribution in [0.3, 0.4) is 0 Å². The van der Waals surface area contributed by atoms with E-state index in [1.807, 2.05) is 0 Å². The Kier molecular flexibility index (Phi) is 4.49. The zero-order chi connectivity index (χ0) is 15.5. The quantitative estimate of drug-likeness (QED) is 0.855. The van der Waals surface area contributed by atoms with Gasteiger partial charge in [-0.3, -0.25) is 0 Å². The lowest BCUT2D eigenvalue weighted by Gasteiger charge is -2.11. The van der Waals surface area contributed by atoms with Gasteiger partial charge in [-0.1, -0.05) is 18.2 Å². The lowest BCUT2D eigenvalue weighted by molar-refractivity contribution is 0.598. The number of nitrogens with one attached hydrogen (secondary N) is 2. The molecule has 0 unspecified atom stereocenters. The molecule has 0 saturated heterocycles. The van der Waals surface area contributed by atoms with Crippen LogP contribution >= 0.6 is 0 Å². The summed E-state index contributed by atoms with van der Waals surface area (Å²) in [6.45, 7) is 3.95. The van der Waals surface area contributed by atoms with Crippen molar-refractivity contribution < 1.29 is 8.42 Å². The van der Waals surface area contributed by atoms with Gasteiger partial charge in [0.1, 0.15) is 0 Å². The summed E-state index contributed by atoms with van der Waals surface area (Å²) in [6.07, 6.45) is 0. The zero-order valence-corrected chi connectivity index (χ0v) is 12.9. The Bertz CT molecular complexity index is 746. The first-order valence-corrected chi connectivity index (χ1v) is 7.85. The molecule has 0 radical (unpaired) electrons. The Hall–Kier alpha value is -2.06. The van der Waals surface area contributed by atoms with Crippen molar-refractivity contribution >= 4 is 16.0 Å². The minimum atomic E-state index is -3.75. The number of aromatic nitrogens is 3. The van der Waals surface area contributed by atoms with Crippen LogP contribution in [0, 0.1) is 13.8 Å². The van der Waals surface area contributed by atoms with E-state index in [4.69, 9.17) is 0 Å². The van der Waals surface area contributed by atoms with Gasteiger partial charge in [0.2, 0.25) is 0 Å². The van der Waals surface area contributed by atoms with E-state index >= 15 is 0 Å². The molecule has 0 fully saturated rings. The summed E-state index contributed by atoms with van der Waals surface area (Å²) in [5, 5.41) is 10.6. The highest BCUT2D eigenvalue weighted by Gasteiger charge is 2.19. The Morgan fingerprint density at radius 3 is 2.48 bits per heavy atom. The number of anilines is 1. The number of hydrogen-bond acceptors (Lipinski definition) is 6. The molecule has 0 aliphatic heterocycles. The van der Waals surface area contributed by atoms with E-state index in [1.165, 1.54) is 0 Å². The Morgan fingerprint density at radius 2 is 1.81 bits per heavy atom. The predicted octanol–water partition coefficient (Wildman–Crippen LogP) is 1.01. The molecule has 2 rings (SSSR count). The SMILES string of the molecule is CNCc1ccccc1S(=O)(=O)Nc1nnc(C)c(C)n1. The summed E-state index contributed by atoms with van der Waals surface area (Å²) < 4.78 is 27.3. The molecule has 21 heavy (non-hydrogen) atoms. The number of sulfonamides is 1. The van der Waals surface area contributed by atoms with Crippen LogP contribution in [0.5, 0.6) is 0 Å². The first-order chi connectivity index (χ1) is 9.94. The molecule has 0 bridgehead atoms. The number of hydrogen-bond donors (Lipinski definition) is 2. The van der Waals surface area contributed by atoms with Crippen LogP contribution in [0.4, 0.5) is 5.95 Å². The molecule has 7 nitrogen and oxygen atoms in total. The van der Waals surface area contributed by atoms with Gasteiger partial charge in [0.25, 0.3) is 16.0 Å². The van der Waals surface area contributed by atoms with Crippen molar-refractivity contribution in [2.45, 2.75) is 25.3 Å². The van der Waals surface area contributed by atoms with Crippen molar-refractivity contribution in [2.75, 3.05) is 11.8 Å². The summed E-state index contributed by atoms with van der Waals surface area (Å²) in [5.41, 5.74) is 1.96. The van der Waals surface area contributed by atoms with Gasteiger partial charge >= 0.3 is 0 Å². The van der Waals surface area contributed by atoms with Gasteiger partial charge in [-0.15, -0.1) is 5.10 Å². The maximum atomic E-state index is 12.4. The van der Waals surface area contributed by atoms with E-state index < -0.39 is 10.0 Å². The third kappa shape index (κ3) is 3.53. The molecular weight excluding hydrogens is 290 g/mol. The maximum Gasteiger partial charge on any atom is 0.264 e. The Balaban J connectivity index is 2.36. The highest BCUT2D eigenvalue weighted by Crippen LogP contribution is 2.18. The second-order valence-corrected chi connectivity index (χ2v) is 6.20. The maximum absolute atomic E-state index is 12.4. The number of rotatable bonds is 5. The fourth-order valence-corrected chi connectivity index (χ4v) is 2.96. The molecule has 0 amide bonds. The van der Waals surface area contributed by atoms with Crippen LogP contribution in [0.2, 0.25) is 0 Å². The van der Waals surface area contributed by atoms with Gasteiger partial charge in [-0.2, -0.15) is 5.10 Å². The van der Waals surface area contributed by atoms with Crippen LogP contribution < -0.4 is 10.0 Å². The molecule has 2 aromatic rings. The third-order valence-electron chi connectivity index (χ3n) is 2.95. The smallest absolute Gasteiger partial charge is 0.264 e. The lowest BCUT2D eigenvalue weighted by atomic mass is 10.2. The topological polar surface area (TPSA) is 96.9 Å². The first-order valence-electron chi connectivity index (χ1n) is 6.37. The average molecular weight is 307 g/mol. The summed E-state index contributed by atoms with van der Waals surface area (Å²) in [7, 11) is -1.99. The second-order valence-electron chi connectivity index (χ2n) is 4.55. The van der Waals surface area contributed by atoms with Crippen LogP contribution in [0.15, 0.2) is 29.2 Å². The molecule has 2 N–H and O–H groups in total. The van der Waals surface area contributed by atoms with Crippen LogP contribution in [0.25, 0.3) is 0 Å². The van der Waals surface area contributed by atoms with Gasteiger partial charge in [-0.25, -0.2) is 18.1 Å². The summed E-state index contributed by atoms with van der Waals surface area (Å²) >= 11 is 0. The average Bonchev–Trinajstić information content (AvgIpc) is 2.43. The molecule has 1 aromatic carbocycles. The van der Waals surface area contributed by atoms with Crippen LogP contribution in [-0.4, -0.2) is 30.6 Å². The standard InChI is InChI=1S/C13H17N5O2S/c1-9-10(2)16-17-13(15-9)18-21(19,20)12-7-5-4-6-11(12)8-14-3/h4-7,14H,8H2,1-3H3,(H,15,17,18). The first kappa shape index (κ1) is 15.3. The fourth-order valence-electron chi connectivity index (χ4n) is 1.78. The third-order valence-corrected chi connectivity index (χ3v) is 4.38. The van der Waals surface area contributed by atoms with Crippen molar-refractivity contribution in [2.24, 2.45) is 0 Å². The minimum Gasteiger partial charge on any atom is -0.316 e. The van der Waals surface area contributed by atoms with Gasteiger partial charge in [-0.05, 0) is 32.5 Å². The number of benzene rings is 1. The molecule has 8 heteroatoms. The van der Waals surface area contributed by atoms with Gasteiger partial charge in [0.05, 0.1) is 16.3 Å². The van der Waals surface area contributed by atoms with Crippen molar-refractivity contribution in [3.8, 4) is 0 Å². The van der Waals surface area contributed by atoms with Gasteiger partial charge < -0.3 is 5.32 Å². The van der Waals surface area contributed by atoms with E-state index in [9.17, 15) is 8.42 Å². The van der Waals surface area contributed by atoms with Crippen molar-refractivity contribution in [3.05, 3.63) is 41.2 Å².